The van der Waals surface area contributed by atoms with Crippen molar-refractivity contribution in [3.8, 4) is 6.07 Å². The average molecular weight is 440 g/mol. The molecular weight excluding hydrogens is 417 g/mol. The molecule has 0 aliphatic heterocycles. The zero-order valence-corrected chi connectivity index (χ0v) is 18.1. The van der Waals surface area contributed by atoms with Crippen LogP contribution < -0.4 is 5.32 Å². The molecule has 0 saturated carbocycles. The molecule has 160 valence electrons. The summed E-state index contributed by atoms with van der Waals surface area (Å²) in [4.78, 5) is 25.4. The molecule has 0 unspecified atom stereocenters. The Morgan fingerprint density at radius 3 is 2.61 bits per heavy atom. The van der Waals surface area contributed by atoms with Gasteiger partial charge in [0.15, 0.2) is 6.61 Å². The molecular formula is C23H22FN3O3S. The van der Waals surface area contributed by atoms with Crippen LogP contribution in [0.5, 0.6) is 0 Å². The Hall–Kier alpha value is -3.44. The number of ether oxygens (including phenoxy) is 1. The largest absolute Gasteiger partial charge is 0.456 e. The topological polar surface area (TPSA) is 84.1 Å². The summed E-state index contributed by atoms with van der Waals surface area (Å²) in [6.07, 6.45) is 0.756. The third-order valence-corrected chi connectivity index (χ3v) is 5.91. The number of hydrogen-bond donors (Lipinski definition) is 1. The van der Waals surface area contributed by atoms with E-state index in [0.717, 1.165) is 21.7 Å². The predicted octanol–water partition coefficient (Wildman–Crippen LogP) is 4.34. The zero-order valence-electron chi connectivity index (χ0n) is 17.3. The van der Waals surface area contributed by atoms with Crippen LogP contribution in [-0.4, -0.2) is 23.1 Å². The number of halogens is 1. The highest BCUT2D eigenvalue weighted by Crippen LogP contribution is 2.27. The molecule has 1 N–H and O–H groups in total. The van der Waals surface area contributed by atoms with E-state index in [1.807, 2.05) is 24.4 Å². The van der Waals surface area contributed by atoms with Crippen LogP contribution in [0.15, 0.2) is 41.8 Å². The molecule has 0 bridgehead atoms. The molecule has 0 aliphatic carbocycles. The molecule has 1 aromatic carbocycles. The molecule has 1 amide bonds. The molecule has 0 aliphatic rings. The second-order valence-corrected chi connectivity index (χ2v) is 8.08. The number of amides is 1. The summed E-state index contributed by atoms with van der Waals surface area (Å²) in [7, 11) is 0. The number of nitriles is 1. The summed E-state index contributed by atoms with van der Waals surface area (Å²) in [5.41, 5.74) is 2.72. The molecule has 0 fully saturated rings. The van der Waals surface area contributed by atoms with Crippen LogP contribution >= 0.6 is 11.3 Å². The Balaban J connectivity index is 1.67. The van der Waals surface area contributed by atoms with E-state index in [4.69, 9.17) is 4.74 Å². The van der Waals surface area contributed by atoms with Gasteiger partial charge in [-0.2, -0.15) is 5.26 Å². The molecule has 8 heteroatoms. The van der Waals surface area contributed by atoms with Crippen molar-refractivity contribution in [2.45, 2.75) is 33.2 Å². The third-order valence-electron chi connectivity index (χ3n) is 4.97. The minimum atomic E-state index is -0.529. The van der Waals surface area contributed by atoms with E-state index in [-0.39, 0.29) is 12.2 Å². The fourth-order valence-corrected chi connectivity index (χ4v) is 3.88. The lowest BCUT2D eigenvalue weighted by atomic mass is 10.2. The van der Waals surface area contributed by atoms with Gasteiger partial charge in [0, 0.05) is 17.1 Å². The van der Waals surface area contributed by atoms with Crippen molar-refractivity contribution < 1.29 is 18.7 Å². The Morgan fingerprint density at radius 1 is 1.23 bits per heavy atom. The molecule has 0 spiro atoms. The van der Waals surface area contributed by atoms with Crippen molar-refractivity contribution in [3.63, 3.8) is 0 Å². The van der Waals surface area contributed by atoms with Gasteiger partial charge in [-0.3, -0.25) is 9.59 Å². The Bertz CT molecular complexity index is 1110. The number of carbonyl (C=O) groups excluding carboxylic acids is 2. The normalized spacial score (nSPS) is 10.5. The van der Waals surface area contributed by atoms with Gasteiger partial charge in [0.2, 0.25) is 0 Å². The molecule has 3 aromatic rings. The fraction of sp³-hybridized carbons (Fsp3) is 0.261. The van der Waals surface area contributed by atoms with Crippen molar-refractivity contribution >= 4 is 29.0 Å². The Labute approximate surface area is 183 Å². The number of nitrogens with one attached hydrogen (secondary N) is 1. The average Bonchev–Trinajstić information content (AvgIpc) is 3.35. The highest BCUT2D eigenvalue weighted by molar-refractivity contribution is 7.09. The van der Waals surface area contributed by atoms with Crippen molar-refractivity contribution in [2.75, 3.05) is 11.9 Å². The predicted molar refractivity (Wildman–Crippen MR) is 116 cm³/mol. The van der Waals surface area contributed by atoms with Crippen LogP contribution in [0.25, 0.3) is 0 Å². The van der Waals surface area contributed by atoms with Gasteiger partial charge in [-0.25, -0.2) is 4.39 Å². The maximum absolute atomic E-state index is 13.2. The summed E-state index contributed by atoms with van der Waals surface area (Å²) in [5.74, 6) is -0.991. The Kier molecular flexibility index (Phi) is 7.21. The van der Waals surface area contributed by atoms with Gasteiger partial charge in [0.05, 0.1) is 12.0 Å². The lowest BCUT2D eigenvalue weighted by Crippen LogP contribution is -2.23. The third kappa shape index (κ3) is 5.58. The van der Waals surface area contributed by atoms with Gasteiger partial charge in [0.25, 0.3) is 5.91 Å². The van der Waals surface area contributed by atoms with Crippen LogP contribution in [0.2, 0.25) is 0 Å². The molecule has 0 atom stereocenters. The molecule has 2 heterocycles. The summed E-state index contributed by atoms with van der Waals surface area (Å²) in [6.45, 7) is 3.56. The number of anilines is 1. The maximum atomic E-state index is 13.2. The molecule has 3 rings (SSSR count). The number of thiophene rings is 1. The zero-order chi connectivity index (χ0) is 22.4. The van der Waals surface area contributed by atoms with Gasteiger partial charge in [-0.1, -0.05) is 18.2 Å². The standard InChI is InChI=1S/C23H22FN3O3S/c1-15-16(2)27(13-17-5-7-18(24)8-6-17)23(20(15)12-25)26-21(28)14-30-22(29)10-9-19-4-3-11-31-19/h3-8,11H,9-10,13-14H2,1-2H3,(H,26,28). The van der Waals surface area contributed by atoms with Crippen molar-refractivity contribution in [2.24, 2.45) is 0 Å². The second-order valence-electron chi connectivity index (χ2n) is 7.05. The highest BCUT2D eigenvalue weighted by Gasteiger charge is 2.20. The summed E-state index contributed by atoms with van der Waals surface area (Å²) in [5, 5.41) is 14.2. The number of rotatable bonds is 8. The van der Waals surface area contributed by atoms with Gasteiger partial charge >= 0.3 is 5.97 Å². The van der Waals surface area contributed by atoms with E-state index in [1.165, 1.54) is 12.1 Å². The van der Waals surface area contributed by atoms with Crippen LogP contribution in [0.4, 0.5) is 10.2 Å². The van der Waals surface area contributed by atoms with Gasteiger partial charge < -0.3 is 14.6 Å². The smallest absolute Gasteiger partial charge is 0.306 e. The van der Waals surface area contributed by atoms with E-state index >= 15 is 0 Å². The van der Waals surface area contributed by atoms with Crippen LogP contribution in [0.3, 0.4) is 0 Å². The minimum absolute atomic E-state index is 0.191. The first-order chi connectivity index (χ1) is 14.9. The van der Waals surface area contributed by atoms with Crippen molar-refractivity contribution in [3.05, 3.63) is 74.9 Å². The monoisotopic (exact) mass is 439 g/mol. The minimum Gasteiger partial charge on any atom is -0.456 e. The molecule has 2 aromatic heterocycles. The quantitative estimate of drug-likeness (QED) is 0.529. The number of aromatic nitrogens is 1. The SMILES string of the molecule is Cc1c(C#N)c(NC(=O)COC(=O)CCc2cccs2)n(Cc2ccc(F)cc2)c1C. The van der Waals surface area contributed by atoms with E-state index in [1.54, 1.807) is 35.0 Å². The summed E-state index contributed by atoms with van der Waals surface area (Å²) >= 11 is 1.56. The number of hydrogen-bond acceptors (Lipinski definition) is 5. The first-order valence-corrected chi connectivity index (χ1v) is 10.6. The highest BCUT2D eigenvalue weighted by atomic mass is 32.1. The fourth-order valence-electron chi connectivity index (χ4n) is 3.17. The number of carbonyl (C=O) groups is 2. The number of esters is 1. The Morgan fingerprint density at radius 2 is 1.97 bits per heavy atom. The van der Waals surface area contributed by atoms with Crippen LogP contribution in [0.1, 0.15) is 33.7 Å². The van der Waals surface area contributed by atoms with E-state index in [0.29, 0.717) is 24.3 Å². The number of aryl methyl sites for hydroxylation is 1. The molecule has 0 saturated heterocycles. The van der Waals surface area contributed by atoms with E-state index < -0.39 is 18.5 Å². The van der Waals surface area contributed by atoms with Crippen LogP contribution in [-0.2, 0) is 27.3 Å². The number of benzene rings is 1. The first-order valence-electron chi connectivity index (χ1n) is 9.71. The molecule has 6 nitrogen and oxygen atoms in total. The van der Waals surface area contributed by atoms with Crippen molar-refractivity contribution in [1.82, 2.24) is 4.57 Å². The van der Waals surface area contributed by atoms with Gasteiger partial charge in [-0.15, -0.1) is 11.3 Å². The van der Waals surface area contributed by atoms with Gasteiger partial charge in [0.1, 0.15) is 17.7 Å². The van der Waals surface area contributed by atoms with Crippen LogP contribution in [0, 0.1) is 31.0 Å². The first kappa shape index (κ1) is 22.2. The maximum Gasteiger partial charge on any atom is 0.306 e. The second kappa shape index (κ2) is 10.0. The van der Waals surface area contributed by atoms with Gasteiger partial charge in [-0.05, 0) is 55.0 Å². The molecule has 31 heavy (non-hydrogen) atoms. The van der Waals surface area contributed by atoms with Crippen molar-refractivity contribution in [1.29, 1.82) is 5.26 Å². The lowest BCUT2D eigenvalue weighted by molar-refractivity contribution is -0.147. The van der Waals surface area contributed by atoms with E-state index in [2.05, 4.69) is 11.4 Å². The number of nitrogens with zero attached hydrogens (tertiary/aromatic N) is 2. The van der Waals surface area contributed by atoms with E-state index in [9.17, 15) is 19.2 Å². The summed E-state index contributed by atoms with van der Waals surface area (Å²) < 4.78 is 20.1. The summed E-state index contributed by atoms with van der Waals surface area (Å²) in [6, 6.07) is 12.0. The lowest BCUT2D eigenvalue weighted by Gasteiger charge is -2.13. The molecule has 0 radical (unpaired) electrons.